The number of benzene rings is 1. The molecule has 0 saturated carbocycles. The number of anilines is 1. The zero-order valence-corrected chi connectivity index (χ0v) is 10.3. The van der Waals surface area contributed by atoms with Crippen molar-refractivity contribution in [3.63, 3.8) is 0 Å². The normalized spacial score (nSPS) is 10.6. The van der Waals surface area contributed by atoms with Gasteiger partial charge in [0, 0.05) is 11.8 Å². The number of nitrogens with one attached hydrogen (secondary N) is 1. The van der Waals surface area contributed by atoms with Gasteiger partial charge in [0.1, 0.15) is 6.42 Å². The highest BCUT2D eigenvalue weighted by Gasteiger charge is 2.30. The maximum atomic E-state index is 12.0. The van der Waals surface area contributed by atoms with Crippen LogP contribution in [0.5, 0.6) is 5.75 Å². The summed E-state index contributed by atoms with van der Waals surface area (Å²) in [5.74, 6) is -1.27. The van der Waals surface area contributed by atoms with Crippen LogP contribution >= 0.6 is 0 Å². The molecule has 1 N–H and O–H groups in total. The topological polar surface area (TPSA) is 105 Å². The third-order valence-corrected chi connectivity index (χ3v) is 2.07. The number of hydrogen-bond donors (Lipinski definition) is 1. The van der Waals surface area contributed by atoms with Crippen LogP contribution in [0, 0.1) is 21.4 Å². The number of hydrogen-bond acceptors (Lipinski definition) is 5. The van der Waals surface area contributed by atoms with Crippen LogP contribution in [0.1, 0.15) is 6.42 Å². The van der Waals surface area contributed by atoms with E-state index in [1.165, 1.54) is 0 Å². The predicted molar refractivity (Wildman–Crippen MR) is 63.5 cm³/mol. The fraction of sp³-hybridized carbons (Fsp3) is 0.273. The van der Waals surface area contributed by atoms with Crippen LogP contribution in [0.3, 0.4) is 0 Å². The predicted octanol–water partition coefficient (Wildman–Crippen LogP) is 2.39. The molecule has 10 heteroatoms. The molecule has 1 amide bonds. The van der Waals surface area contributed by atoms with Crippen molar-refractivity contribution >= 4 is 17.3 Å². The molecule has 0 bridgehead atoms. The fourth-order valence-electron chi connectivity index (χ4n) is 1.30. The van der Waals surface area contributed by atoms with E-state index in [1.807, 2.05) is 0 Å². The van der Waals surface area contributed by atoms with E-state index in [0.717, 1.165) is 18.2 Å². The van der Waals surface area contributed by atoms with Gasteiger partial charge in [0.25, 0.3) is 0 Å². The molecule has 0 heterocycles. The van der Waals surface area contributed by atoms with E-state index in [9.17, 15) is 28.1 Å². The summed E-state index contributed by atoms with van der Waals surface area (Å²) in [7, 11) is 0. The van der Waals surface area contributed by atoms with Gasteiger partial charge < -0.3 is 10.1 Å². The second-order valence-electron chi connectivity index (χ2n) is 3.73. The van der Waals surface area contributed by atoms with E-state index in [0.29, 0.717) is 0 Å². The Balaban J connectivity index is 2.94. The van der Waals surface area contributed by atoms with Crippen LogP contribution in [-0.4, -0.2) is 23.6 Å². The van der Waals surface area contributed by atoms with Gasteiger partial charge >= 0.3 is 11.9 Å². The van der Waals surface area contributed by atoms with E-state index in [4.69, 9.17) is 5.26 Å². The number of alkyl halides is 3. The number of nitro benzene ring substituents is 1. The Labute approximate surface area is 116 Å². The SMILES string of the molecule is N#CCC(=O)Nc1ccc(OCC(F)(F)F)c([N+](=O)[O-])c1. The summed E-state index contributed by atoms with van der Waals surface area (Å²) in [4.78, 5) is 21.0. The number of nitro groups is 1. The number of carbonyl (C=O) groups is 1. The standard InChI is InChI=1S/C11H8F3N3O4/c12-11(13,14)6-21-9-2-1-7(5-8(9)17(19)20)16-10(18)3-4-15/h1-2,5H,3,6H2,(H,16,18). The first kappa shape index (κ1) is 16.2. The number of carbonyl (C=O) groups excluding carboxylic acids is 1. The van der Waals surface area contributed by atoms with E-state index in [1.54, 1.807) is 6.07 Å². The van der Waals surface area contributed by atoms with Gasteiger partial charge in [-0.15, -0.1) is 0 Å². The van der Waals surface area contributed by atoms with Crippen LogP contribution in [0.4, 0.5) is 24.5 Å². The molecule has 0 unspecified atom stereocenters. The molecular weight excluding hydrogens is 295 g/mol. The van der Waals surface area contributed by atoms with Crippen molar-refractivity contribution in [2.75, 3.05) is 11.9 Å². The molecule has 0 atom stereocenters. The lowest BCUT2D eigenvalue weighted by atomic mass is 10.2. The lowest BCUT2D eigenvalue weighted by Crippen LogP contribution is -2.19. The second kappa shape index (κ2) is 6.56. The molecule has 0 aliphatic heterocycles. The molecule has 0 aliphatic rings. The molecule has 0 aromatic heterocycles. The molecule has 21 heavy (non-hydrogen) atoms. The molecule has 0 fully saturated rings. The van der Waals surface area contributed by atoms with E-state index in [2.05, 4.69) is 10.1 Å². The Morgan fingerprint density at radius 1 is 1.48 bits per heavy atom. The number of nitrogens with zero attached hydrogens (tertiary/aromatic N) is 2. The van der Waals surface area contributed by atoms with Gasteiger partial charge in [-0.1, -0.05) is 0 Å². The van der Waals surface area contributed by atoms with Gasteiger partial charge in [0.05, 0.1) is 11.0 Å². The van der Waals surface area contributed by atoms with Crippen molar-refractivity contribution in [2.45, 2.75) is 12.6 Å². The average molecular weight is 303 g/mol. The van der Waals surface area contributed by atoms with E-state index < -0.39 is 41.5 Å². The Morgan fingerprint density at radius 2 is 2.14 bits per heavy atom. The van der Waals surface area contributed by atoms with Crippen LogP contribution in [-0.2, 0) is 4.79 Å². The van der Waals surface area contributed by atoms with Crippen LogP contribution in [0.15, 0.2) is 18.2 Å². The lowest BCUT2D eigenvalue weighted by molar-refractivity contribution is -0.386. The first-order valence-electron chi connectivity index (χ1n) is 5.37. The van der Waals surface area contributed by atoms with Gasteiger partial charge in [-0.05, 0) is 12.1 Å². The Morgan fingerprint density at radius 3 is 2.67 bits per heavy atom. The number of ether oxygens (including phenoxy) is 1. The number of nitriles is 1. The quantitative estimate of drug-likeness (QED) is 0.664. The van der Waals surface area contributed by atoms with Gasteiger partial charge in [-0.25, -0.2) is 0 Å². The molecule has 0 radical (unpaired) electrons. The largest absolute Gasteiger partial charge is 0.477 e. The minimum atomic E-state index is -4.63. The van der Waals surface area contributed by atoms with Crippen molar-refractivity contribution in [3.05, 3.63) is 28.3 Å². The Bertz CT molecular complexity index is 595. The third-order valence-electron chi connectivity index (χ3n) is 2.07. The fourth-order valence-corrected chi connectivity index (χ4v) is 1.30. The molecular formula is C11H8F3N3O4. The van der Waals surface area contributed by atoms with Crippen molar-refractivity contribution < 1.29 is 27.6 Å². The summed E-state index contributed by atoms with van der Waals surface area (Å²) < 4.78 is 40.4. The summed E-state index contributed by atoms with van der Waals surface area (Å²) in [6.45, 7) is -1.67. The summed E-state index contributed by atoms with van der Waals surface area (Å²) in [6.07, 6.45) is -5.09. The van der Waals surface area contributed by atoms with Crippen molar-refractivity contribution in [3.8, 4) is 11.8 Å². The smallest absolute Gasteiger partial charge is 0.422 e. The van der Waals surface area contributed by atoms with Crippen LogP contribution in [0.25, 0.3) is 0 Å². The maximum absolute atomic E-state index is 12.0. The molecule has 0 saturated heterocycles. The molecule has 1 aromatic rings. The van der Waals surface area contributed by atoms with Crippen molar-refractivity contribution in [1.82, 2.24) is 0 Å². The highest BCUT2D eigenvalue weighted by molar-refractivity contribution is 5.92. The van der Waals surface area contributed by atoms with Crippen molar-refractivity contribution in [1.29, 1.82) is 5.26 Å². The summed E-state index contributed by atoms with van der Waals surface area (Å²) in [5.41, 5.74) is -0.754. The van der Waals surface area contributed by atoms with Crippen LogP contribution in [0.2, 0.25) is 0 Å². The number of amides is 1. The summed E-state index contributed by atoms with van der Waals surface area (Å²) >= 11 is 0. The summed E-state index contributed by atoms with van der Waals surface area (Å²) in [6, 6.07) is 4.50. The minimum absolute atomic E-state index is 0.0266. The zero-order valence-electron chi connectivity index (χ0n) is 10.3. The zero-order chi connectivity index (χ0) is 16.0. The lowest BCUT2D eigenvalue weighted by Gasteiger charge is -2.10. The molecule has 7 nitrogen and oxygen atoms in total. The van der Waals surface area contributed by atoms with Gasteiger partial charge in [-0.2, -0.15) is 18.4 Å². The highest BCUT2D eigenvalue weighted by atomic mass is 19.4. The maximum Gasteiger partial charge on any atom is 0.422 e. The molecule has 1 aromatic carbocycles. The monoisotopic (exact) mass is 303 g/mol. The number of halogens is 3. The second-order valence-corrected chi connectivity index (χ2v) is 3.73. The van der Waals surface area contributed by atoms with Gasteiger partial charge in [0.2, 0.25) is 5.91 Å². The molecule has 0 aliphatic carbocycles. The molecule has 1 rings (SSSR count). The average Bonchev–Trinajstić information content (AvgIpc) is 2.36. The van der Waals surface area contributed by atoms with E-state index in [-0.39, 0.29) is 5.69 Å². The summed E-state index contributed by atoms with van der Waals surface area (Å²) in [5, 5.41) is 21.3. The van der Waals surface area contributed by atoms with Gasteiger partial charge in [0.15, 0.2) is 12.4 Å². The Kier molecular flexibility index (Phi) is 5.06. The number of rotatable bonds is 5. The minimum Gasteiger partial charge on any atom is -0.477 e. The Hall–Kier alpha value is -2.83. The van der Waals surface area contributed by atoms with Gasteiger partial charge in [-0.3, -0.25) is 14.9 Å². The van der Waals surface area contributed by atoms with Crippen molar-refractivity contribution in [2.24, 2.45) is 0 Å². The molecule has 112 valence electrons. The molecule has 0 spiro atoms. The first-order valence-corrected chi connectivity index (χ1v) is 5.37. The van der Waals surface area contributed by atoms with E-state index >= 15 is 0 Å². The van der Waals surface area contributed by atoms with Crippen LogP contribution < -0.4 is 10.1 Å². The third kappa shape index (κ3) is 5.35. The first-order chi connectivity index (χ1) is 9.73. The highest BCUT2D eigenvalue weighted by Crippen LogP contribution is 2.31.